The van der Waals surface area contributed by atoms with E-state index in [2.05, 4.69) is 24.9 Å². The molecule has 5 aromatic rings. The highest BCUT2D eigenvalue weighted by molar-refractivity contribution is 7.89. The van der Waals surface area contributed by atoms with Crippen molar-refractivity contribution in [3.05, 3.63) is 77.6 Å². The van der Waals surface area contributed by atoms with Gasteiger partial charge in [-0.05, 0) is 79.9 Å². The van der Waals surface area contributed by atoms with Gasteiger partial charge in [0.05, 0.1) is 17.7 Å². The van der Waals surface area contributed by atoms with Crippen molar-refractivity contribution in [1.29, 1.82) is 0 Å². The molecule has 12 heteroatoms. The molecule has 0 atom stereocenters. The molecule has 6 rings (SSSR count). The van der Waals surface area contributed by atoms with Gasteiger partial charge in [-0.25, -0.2) is 17.9 Å². The van der Waals surface area contributed by atoms with Crippen molar-refractivity contribution in [2.45, 2.75) is 31.2 Å². The molecule has 43 heavy (non-hydrogen) atoms. The monoisotopic (exact) mass is 620 g/mol. The maximum atomic E-state index is 12.9. The maximum Gasteiger partial charge on any atom is 0.355 e. The molecule has 0 bridgehead atoms. The standard InChI is InChI=1S/C31H33ClN6O4S/c1-2-42-31(39)30-29(26-18-24(32)8-10-27(26)34-30)28-20-38(36-35-28)19-21-11-14-37(15-12-21)16-13-33-43(40,41)25-9-7-22-5-3-4-6-23(22)17-25/h3-10,17-18,20-21,33-34H,2,11-16,19H2,1H3. The van der Waals surface area contributed by atoms with Crippen molar-refractivity contribution in [1.82, 2.24) is 29.6 Å². The molecule has 3 aromatic carbocycles. The molecule has 2 aromatic heterocycles. The van der Waals surface area contributed by atoms with E-state index in [0.717, 1.165) is 47.6 Å². The van der Waals surface area contributed by atoms with Gasteiger partial charge in [-0.3, -0.25) is 4.68 Å². The number of rotatable bonds is 10. The number of piperidine rings is 1. The molecule has 3 heterocycles. The third-order valence-electron chi connectivity index (χ3n) is 7.94. The molecule has 0 aliphatic carbocycles. The van der Waals surface area contributed by atoms with Crippen LogP contribution in [0.3, 0.4) is 0 Å². The van der Waals surface area contributed by atoms with Crippen LogP contribution in [-0.4, -0.2) is 72.1 Å². The van der Waals surface area contributed by atoms with Crippen molar-refractivity contribution >= 4 is 49.3 Å². The predicted molar refractivity (Wildman–Crippen MR) is 167 cm³/mol. The first-order chi connectivity index (χ1) is 20.8. The van der Waals surface area contributed by atoms with E-state index in [1.165, 1.54) is 0 Å². The summed E-state index contributed by atoms with van der Waals surface area (Å²) in [7, 11) is -3.58. The molecule has 1 fully saturated rings. The summed E-state index contributed by atoms with van der Waals surface area (Å²) in [4.78, 5) is 18.4. The second kappa shape index (κ2) is 12.5. The van der Waals surface area contributed by atoms with Crippen LogP contribution in [0.2, 0.25) is 5.02 Å². The molecule has 10 nitrogen and oxygen atoms in total. The molecule has 1 aliphatic rings. The van der Waals surface area contributed by atoms with Crippen molar-refractivity contribution in [2.75, 3.05) is 32.8 Å². The zero-order valence-electron chi connectivity index (χ0n) is 23.8. The maximum absolute atomic E-state index is 12.9. The number of carbonyl (C=O) groups is 1. The highest BCUT2D eigenvalue weighted by Gasteiger charge is 2.25. The van der Waals surface area contributed by atoms with Gasteiger partial charge >= 0.3 is 5.97 Å². The molecule has 0 radical (unpaired) electrons. The van der Waals surface area contributed by atoms with Crippen molar-refractivity contribution in [3.8, 4) is 11.3 Å². The summed E-state index contributed by atoms with van der Waals surface area (Å²) in [6.07, 6.45) is 3.78. The Balaban J connectivity index is 1.04. The van der Waals surface area contributed by atoms with E-state index in [-0.39, 0.29) is 11.5 Å². The number of fused-ring (bicyclic) bond motifs is 2. The number of esters is 1. The first kappa shape index (κ1) is 29.3. The van der Waals surface area contributed by atoms with Gasteiger partial charge in [0.25, 0.3) is 0 Å². The Kier molecular flexibility index (Phi) is 8.49. The van der Waals surface area contributed by atoms with Gasteiger partial charge in [0.15, 0.2) is 0 Å². The van der Waals surface area contributed by atoms with E-state index in [9.17, 15) is 13.2 Å². The van der Waals surface area contributed by atoms with Gasteiger partial charge in [-0.15, -0.1) is 5.10 Å². The summed E-state index contributed by atoms with van der Waals surface area (Å²) in [5, 5.41) is 12.0. The lowest BCUT2D eigenvalue weighted by Gasteiger charge is -2.31. The van der Waals surface area contributed by atoms with Crippen molar-refractivity contribution < 1.29 is 17.9 Å². The fraction of sp³-hybridized carbons (Fsp3) is 0.323. The first-order valence-electron chi connectivity index (χ1n) is 14.4. The second-order valence-electron chi connectivity index (χ2n) is 10.8. The van der Waals surface area contributed by atoms with Crippen LogP contribution < -0.4 is 4.72 Å². The Labute approximate surface area is 255 Å². The van der Waals surface area contributed by atoms with Gasteiger partial charge in [0.2, 0.25) is 10.0 Å². The molecule has 0 unspecified atom stereocenters. The number of H-pyrrole nitrogens is 1. The van der Waals surface area contributed by atoms with Crippen LogP contribution in [0.1, 0.15) is 30.3 Å². The molecular weight excluding hydrogens is 588 g/mol. The minimum Gasteiger partial charge on any atom is -0.461 e. The quantitative estimate of drug-likeness (QED) is 0.208. The van der Waals surface area contributed by atoms with Gasteiger partial charge in [-0.1, -0.05) is 47.1 Å². The smallest absolute Gasteiger partial charge is 0.355 e. The Morgan fingerprint density at radius 3 is 2.67 bits per heavy atom. The number of carbonyl (C=O) groups excluding carboxylic acids is 1. The Morgan fingerprint density at radius 1 is 1.09 bits per heavy atom. The van der Waals surface area contributed by atoms with Crippen LogP contribution in [0, 0.1) is 5.92 Å². The number of hydrogen-bond acceptors (Lipinski definition) is 7. The predicted octanol–water partition coefficient (Wildman–Crippen LogP) is 5.10. The van der Waals surface area contributed by atoms with Crippen LogP contribution in [0.25, 0.3) is 32.9 Å². The number of nitrogens with zero attached hydrogens (tertiary/aromatic N) is 4. The topological polar surface area (TPSA) is 122 Å². The summed E-state index contributed by atoms with van der Waals surface area (Å²) >= 11 is 6.27. The first-order valence-corrected chi connectivity index (χ1v) is 16.3. The Morgan fingerprint density at radius 2 is 1.88 bits per heavy atom. The number of aromatic nitrogens is 4. The van der Waals surface area contributed by atoms with Crippen LogP contribution in [0.15, 0.2) is 71.8 Å². The average molecular weight is 621 g/mol. The van der Waals surface area contributed by atoms with Gasteiger partial charge in [0, 0.05) is 41.1 Å². The fourth-order valence-corrected chi connectivity index (χ4v) is 6.93. The lowest BCUT2D eigenvalue weighted by Crippen LogP contribution is -2.40. The van der Waals surface area contributed by atoms with Gasteiger partial charge in [-0.2, -0.15) is 0 Å². The zero-order chi connectivity index (χ0) is 30.0. The summed E-state index contributed by atoms with van der Waals surface area (Å²) < 4.78 is 35.6. The van der Waals surface area contributed by atoms with Gasteiger partial charge < -0.3 is 14.6 Å². The zero-order valence-corrected chi connectivity index (χ0v) is 25.4. The average Bonchev–Trinajstić information content (AvgIpc) is 3.62. The van der Waals surface area contributed by atoms with E-state index in [4.69, 9.17) is 16.3 Å². The SMILES string of the molecule is CCOC(=O)c1[nH]c2ccc(Cl)cc2c1-c1cn(CC2CCN(CCNS(=O)(=O)c3ccc4ccccc4c3)CC2)nn1. The van der Waals surface area contributed by atoms with Crippen molar-refractivity contribution in [2.24, 2.45) is 5.92 Å². The summed E-state index contributed by atoms with van der Waals surface area (Å²) in [5.74, 6) is -0.0478. The molecule has 2 N–H and O–H groups in total. The van der Waals surface area contributed by atoms with E-state index in [1.807, 2.05) is 53.3 Å². The third-order valence-corrected chi connectivity index (χ3v) is 9.63. The minimum absolute atomic E-state index is 0.260. The molecule has 0 amide bonds. The molecular formula is C31H33ClN6O4S. The fourth-order valence-electron chi connectivity index (χ4n) is 5.70. The number of nitrogens with one attached hydrogen (secondary N) is 2. The number of aromatic amines is 1. The van der Waals surface area contributed by atoms with Gasteiger partial charge in [0.1, 0.15) is 11.4 Å². The summed E-state index contributed by atoms with van der Waals surface area (Å²) in [6.45, 7) is 5.47. The van der Waals surface area contributed by atoms with E-state index in [0.29, 0.717) is 47.5 Å². The number of halogens is 1. The number of sulfonamides is 1. The number of hydrogen-bond donors (Lipinski definition) is 2. The highest BCUT2D eigenvalue weighted by atomic mass is 35.5. The van der Waals surface area contributed by atoms with E-state index in [1.54, 1.807) is 25.1 Å². The van der Waals surface area contributed by atoms with Crippen LogP contribution >= 0.6 is 11.6 Å². The minimum atomic E-state index is -3.58. The number of benzene rings is 3. The van der Waals surface area contributed by atoms with Crippen molar-refractivity contribution in [3.63, 3.8) is 0 Å². The molecule has 0 spiro atoms. The van der Waals surface area contributed by atoms with E-state index < -0.39 is 16.0 Å². The van der Waals surface area contributed by atoms with E-state index >= 15 is 0 Å². The number of likely N-dealkylation sites (tertiary alicyclic amines) is 1. The van der Waals surface area contributed by atoms with Crippen LogP contribution in [0.5, 0.6) is 0 Å². The third kappa shape index (κ3) is 6.45. The molecule has 0 saturated carbocycles. The Bertz CT molecular complexity index is 1880. The highest BCUT2D eigenvalue weighted by Crippen LogP contribution is 2.33. The molecule has 224 valence electrons. The largest absolute Gasteiger partial charge is 0.461 e. The Hall–Kier alpha value is -3.77. The molecule has 1 aliphatic heterocycles. The normalized spacial score (nSPS) is 14.9. The second-order valence-corrected chi connectivity index (χ2v) is 13.0. The van der Waals surface area contributed by atoms with Crippen LogP contribution in [-0.2, 0) is 21.3 Å². The summed E-state index contributed by atoms with van der Waals surface area (Å²) in [5.41, 5.74) is 2.30. The lowest BCUT2D eigenvalue weighted by molar-refractivity contribution is 0.0521. The number of ether oxygens (including phenoxy) is 1. The van der Waals surface area contributed by atoms with Crippen LogP contribution in [0.4, 0.5) is 0 Å². The molecule has 1 saturated heterocycles. The lowest BCUT2D eigenvalue weighted by atomic mass is 9.97. The summed E-state index contributed by atoms with van der Waals surface area (Å²) in [6, 6.07) is 18.3.